The van der Waals surface area contributed by atoms with Crippen molar-refractivity contribution < 1.29 is 9.50 Å². The third-order valence-corrected chi connectivity index (χ3v) is 4.26. The van der Waals surface area contributed by atoms with Gasteiger partial charge in [-0.05, 0) is 35.6 Å². The van der Waals surface area contributed by atoms with Crippen LogP contribution in [0.4, 0.5) is 4.39 Å². The molecule has 19 heavy (non-hydrogen) atoms. The van der Waals surface area contributed by atoms with Gasteiger partial charge in [0.25, 0.3) is 0 Å². The highest BCUT2D eigenvalue weighted by molar-refractivity contribution is 6.31. The Morgan fingerprint density at radius 2 is 1.95 bits per heavy atom. The lowest BCUT2D eigenvalue weighted by Crippen LogP contribution is -2.25. The van der Waals surface area contributed by atoms with Crippen LogP contribution in [0.1, 0.15) is 23.1 Å². The minimum atomic E-state index is -0.936. The molecule has 0 saturated carbocycles. The van der Waals surface area contributed by atoms with E-state index in [0.717, 1.165) is 17.5 Å². The monoisotopic (exact) mass is 276 g/mol. The molecule has 1 aliphatic carbocycles. The fourth-order valence-corrected chi connectivity index (χ4v) is 3.04. The van der Waals surface area contributed by atoms with Crippen molar-refractivity contribution in [2.45, 2.75) is 24.9 Å². The molecule has 0 amide bonds. The Balaban J connectivity index is 1.98. The van der Waals surface area contributed by atoms with Gasteiger partial charge < -0.3 is 5.11 Å². The summed E-state index contributed by atoms with van der Waals surface area (Å²) in [6.07, 6.45) is 1.85. The Kier molecular flexibility index (Phi) is 3.08. The molecular weight excluding hydrogens is 263 g/mol. The van der Waals surface area contributed by atoms with Crippen LogP contribution in [-0.2, 0) is 18.4 Å². The third-order valence-electron chi connectivity index (χ3n) is 3.84. The molecule has 3 heteroatoms. The summed E-state index contributed by atoms with van der Waals surface area (Å²) >= 11 is 5.97. The highest BCUT2D eigenvalue weighted by atomic mass is 35.5. The van der Waals surface area contributed by atoms with Gasteiger partial charge in [-0.15, -0.1) is 0 Å². The van der Waals surface area contributed by atoms with Crippen molar-refractivity contribution in [1.29, 1.82) is 0 Å². The van der Waals surface area contributed by atoms with Gasteiger partial charge in [0.15, 0.2) is 0 Å². The summed E-state index contributed by atoms with van der Waals surface area (Å²) in [6, 6.07) is 12.6. The van der Waals surface area contributed by atoms with Crippen LogP contribution in [0.2, 0.25) is 5.02 Å². The van der Waals surface area contributed by atoms with Gasteiger partial charge in [-0.3, -0.25) is 0 Å². The third kappa shape index (κ3) is 2.15. The topological polar surface area (TPSA) is 20.2 Å². The molecule has 1 nitrogen and oxygen atoms in total. The lowest BCUT2D eigenvalue weighted by atomic mass is 9.89. The number of aliphatic hydroxyl groups is 1. The maximum Gasteiger partial charge on any atom is 0.142 e. The van der Waals surface area contributed by atoms with E-state index >= 15 is 0 Å². The molecule has 1 atom stereocenters. The highest BCUT2D eigenvalue weighted by Crippen LogP contribution is 2.40. The first-order valence-corrected chi connectivity index (χ1v) is 6.72. The van der Waals surface area contributed by atoms with Crippen molar-refractivity contribution in [1.82, 2.24) is 0 Å². The van der Waals surface area contributed by atoms with Crippen molar-refractivity contribution in [2.75, 3.05) is 0 Å². The van der Waals surface area contributed by atoms with Gasteiger partial charge in [0, 0.05) is 6.42 Å². The van der Waals surface area contributed by atoms with E-state index in [0.29, 0.717) is 18.4 Å². The molecule has 0 spiro atoms. The number of hydrogen-bond donors (Lipinski definition) is 1. The molecule has 98 valence electrons. The van der Waals surface area contributed by atoms with Crippen molar-refractivity contribution in [3.63, 3.8) is 0 Å². The van der Waals surface area contributed by atoms with E-state index in [4.69, 9.17) is 11.6 Å². The normalized spacial score (nSPS) is 21.4. The summed E-state index contributed by atoms with van der Waals surface area (Å²) < 4.78 is 13.5. The van der Waals surface area contributed by atoms with Gasteiger partial charge in [-0.25, -0.2) is 4.39 Å². The predicted molar refractivity (Wildman–Crippen MR) is 73.8 cm³/mol. The second-order valence-electron chi connectivity index (χ2n) is 5.08. The van der Waals surface area contributed by atoms with Gasteiger partial charge in [-0.1, -0.05) is 48.0 Å². The van der Waals surface area contributed by atoms with Gasteiger partial charge >= 0.3 is 0 Å². The molecule has 0 heterocycles. The number of hydrogen-bond acceptors (Lipinski definition) is 1. The molecule has 2 aromatic carbocycles. The maximum absolute atomic E-state index is 13.5. The van der Waals surface area contributed by atoms with Gasteiger partial charge in [0.2, 0.25) is 0 Å². The summed E-state index contributed by atoms with van der Waals surface area (Å²) in [5.41, 5.74) is 1.82. The van der Waals surface area contributed by atoms with Gasteiger partial charge in [-0.2, -0.15) is 0 Å². The summed E-state index contributed by atoms with van der Waals surface area (Å²) in [5.74, 6) is -0.436. The summed E-state index contributed by atoms with van der Waals surface area (Å²) in [6.45, 7) is 0. The Hall–Kier alpha value is -1.38. The Morgan fingerprint density at radius 3 is 2.79 bits per heavy atom. The van der Waals surface area contributed by atoms with E-state index in [9.17, 15) is 9.50 Å². The molecule has 0 saturated heterocycles. The highest BCUT2D eigenvalue weighted by Gasteiger charge is 2.36. The number of benzene rings is 2. The van der Waals surface area contributed by atoms with E-state index in [1.54, 1.807) is 12.1 Å². The fourth-order valence-electron chi connectivity index (χ4n) is 2.85. The Morgan fingerprint density at radius 1 is 1.16 bits per heavy atom. The van der Waals surface area contributed by atoms with Crippen molar-refractivity contribution >= 4 is 11.6 Å². The van der Waals surface area contributed by atoms with Crippen molar-refractivity contribution in [2.24, 2.45) is 0 Å². The zero-order valence-electron chi connectivity index (χ0n) is 10.4. The zero-order valence-corrected chi connectivity index (χ0v) is 11.1. The van der Waals surface area contributed by atoms with E-state index in [2.05, 4.69) is 0 Å². The number of rotatable bonds is 2. The van der Waals surface area contributed by atoms with Crippen LogP contribution in [0.15, 0.2) is 42.5 Å². The molecule has 1 aliphatic rings. The second kappa shape index (κ2) is 4.62. The fraction of sp³-hybridized carbons (Fsp3) is 0.250. The van der Waals surface area contributed by atoms with Crippen LogP contribution in [-0.4, -0.2) is 5.11 Å². The van der Waals surface area contributed by atoms with Crippen molar-refractivity contribution in [3.05, 3.63) is 70.0 Å². The van der Waals surface area contributed by atoms with Crippen LogP contribution >= 0.6 is 11.6 Å². The van der Waals surface area contributed by atoms with E-state index in [1.807, 2.05) is 24.3 Å². The van der Waals surface area contributed by atoms with Crippen LogP contribution < -0.4 is 0 Å². The molecule has 0 bridgehead atoms. The number of aryl methyl sites for hydroxylation is 1. The molecule has 0 fully saturated rings. The molecular formula is C16H14ClFO. The van der Waals surface area contributed by atoms with Crippen molar-refractivity contribution in [3.8, 4) is 0 Å². The lowest BCUT2D eigenvalue weighted by molar-refractivity contribution is 0.0389. The molecule has 0 aromatic heterocycles. The quantitative estimate of drug-likeness (QED) is 0.883. The summed E-state index contributed by atoms with van der Waals surface area (Å²) in [4.78, 5) is 0. The second-order valence-corrected chi connectivity index (χ2v) is 5.46. The summed E-state index contributed by atoms with van der Waals surface area (Å²) in [7, 11) is 0. The minimum Gasteiger partial charge on any atom is -0.385 e. The van der Waals surface area contributed by atoms with E-state index in [1.165, 1.54) is 6.07 Å². The van der Waals surface area contributed by atoms with E-state index < -0.39 is 11.4 Å². The molecule has 1 N–H and O–H groups in total. The standard InChI is InChI=1S/C16H14ClFO/c17-15-12(5-3-7-14(15)18)10-16(19)9-8-11-4-1-2-6-13(11)16/h1-7,19H,8-10H2. The lowest BCUT2D eigenvalue weighted by Gasteiger charge is -2.24. The summed E-state index contributed by atoms with van der Waals surface area (Å²) in [5, 5.41) is 10.9. The Labute approximate surface area is 116 Å². The van der Waals surface area contributed by atoms with Crippen LogP contribution in [0.25, 0.3) is 0 Å². The molecule has 2 aromatic rings. The maximum atomic E-state index is 13.5. The van der Waals surface area contributed by atoms with Crippen LogP contribution in [0.5, 0.6) is 0 Å². The molecule has 0 radical (unpaired) electrons. The first-order valence-electron chi connectivity index (χ1n) is 6.34. The average molecular weight is 277 g/mol. The van der Waals surface area contributed by atoms with Crippen LogP contribution in [0, 0.1) is 5.82 Å². The average Bonchev–Trinajstić information content (AvgIpc) is 2.74. The van der Waals surface area contributed by atoms with Gasteiger partial charge in [0.1, 0.15) is 5.82 Å². The molecule has 0 aliphatic heterocycles. The first-order chi connectivity index (χ1) is 9.10. The van der Waals surface area contributed by atoms with E-state index in [-0.39, 0.29) is 5.02 Å². The number of halogens is 2. The first kappa shape index (κ1) is 12.6. The zero-order chi connectivity index (χ0) is 13.5. The van der Waals surface area contributed by atoms with Crippen LogP contribution in [0.3, 0.4) is 0 Å². The molecule has 1 unspecified atom stereocenters. The van der Waals surface area contributed by atoms with Gasteiger partial charge in [0.05, 0.1) is 10.6 Å². The Bertz CT molecular complexity index is 626. The molecule has 3 rings (SSSR count). The predicted octanol–water partition coefficient (Wildman–Crippen LogP) is 3.86. The largest absolute Gasteiger partial charge is 0.385 e. The SMILES string of the molecule is OC1(Cc2cccc(F)c2Cl)CCc2ccccc21. The minimum absolute atomic E-state index is 0.111. The smallest absolute Gasteiger partial charge is 0.142 e. The number of fused-ring (bicyclic) bond motifs is 1.